The molecule has 2 aromatic carbocycles. The summed E-state index contributed by atoms with van der Waals surface area (Å²) >= 11 is 6.05. The minimum atomic E-state index is -0.204. The van der Waals surface area contributed by atoms with Crippen LogP contribution in [0.1, 0.15) is 50.2 Å². The predicted molar refractivity (Wildman–Crippen MR) is 113 cm³/mol. The van der Waals surface area contributed by atoms with E-state index in [4.69, 9.17) is 11.6 Å². The van der Waals surface area contributed by atoms with Crippen LogP contribution in [-0.2, 0) is 9.59 Å². The van der Waals surface area contributed by atoms with Crippen LogP contribution in [0.5, 0.6) is 0 Å². The van der Waals surface area contributed by atoms with Gasteiger partial charge in [-0.15, -0.1) is 0 Å². The average Bonchev–Trinajstić information content (AvgIpc) is 2.60. The van der Waals surface area contributed by atoms with E-state index in [2.05, 4.69) is 13.8 Å². The zero-order valence-corrected chi connectivity index (χ0v) is 17.2. The van der Waals surface area contributed by atoms with Crippen molar-refractivity contribution in [3.8, 4) is 0 Å². The molecule has 2 aromatic rings. The number of benzene rings is 2. The number of ketones is 1. The Labute approximate surface area is 171 Å². The second kappa shape index (κ2) is 6.89. The van der Waals surface area contributed by atoms with Crippen molar-refractivity contribution >= 4 is 29.0 Å². The van der Waals surface area contributed by atoms with Gasteiger partial charge in [-0.05, 0) is 54.2 Å². The second-order valence-electron chi connectivity index (χ2n) is 8.68. The Morgan fingerprint density at radius 1 is 1.04 bits per heavy atom. The molecule has 1 unspecified atom stereocenters. The fraction of sp³-hybridized carbons (Fsp3) is 0.333. The first kappa shape index (κ1) is 18.9. The van der Waals surface area contributed by atoms with Gasteiger partial charge in [-0.25, -0.2) is 0 Å². The first-order chi connectivity index (χ1) is 13.2. The van der Waals surface area contributed by atoms with Crippen molar-refractivity contribution in [3.05, 3.63) is 76.0 Å². The molecule has 4 heteroatoms. The highest BCUT2D eigenvalue weighted by molar-refractivity contribution is 6.30. The summed E-state index contributed by atoms with van der Waals surface area (Å²) in [6.07, 6.45) is 1.50. The molecular formula is C24H24ClNO2. The van der Waals surface area contributed by atoms with Gasteiger partial charge in [-0.3, -0.25) is 14.5 Å². The number of rotatable bonds is 2. The molecule has 4 rings (SSSR count). The maximum Gasteiger partial charge on any atom is 0.232 e. The van der Waals surface area contributed by atoms with Crippen LogP contribution >= 0.6 is 11.6 Å². The number of hydrogen-bond donors (Lipinski definition) is 0. The average molecular weight is 394 g/mol. The Bertz CT molecular complexity index is 988. The number of carbonyl (C=O) groups is 2. The van der Waals surface area contributed by atoms with Gasteiger partial charge in [0.2, 0.25) is 5.91 Å². The van der Waals surface area contributed by atoms with Gasteiger partial charge in [-0.2, -0.15) is 0 Å². The van der Waals surface area contributed by atoms with Crippen molar-refractivity contribution in [3.63, 3.8) is 0 Å². The summed E-state index contributed by atoms with van der Waals surface area (Å²) in [4.78, 5) is 28.3. The molecule has 0 bridgehead atoms. The molecule has 1 heterocycles. The summed E-state index contributed by atoms with van der Waals surface area (Å²) < 4.78 is 0. The number of amides is 1. The molecule has 1 amide bonds. The maximum absolute atomic E-state index is 13.3. The molecule has 0 saturated heterocycles. The molecule has 0 saturated carbocycles. The first-order valence-electron chi connectivity index (χ1n) is 9.66. The largest absolute Gasteiger partial charge is 0.294 e. The summed E-state index contributed by atoms with van der Waals surface area (Å²) in [6.45, 7) is 6.21. The third-order valence-corrected chi connectivity index (χ3v) is 5.93. The zero-order valence-electron chi connectivity index (χ0n) is 16.5. The van der Waals surface area contributed by atoms with Crippen LogP contribution in [0.25, 0.3) is 0 Å². The van der Waals surface area contributed by atoms with Crippen LogP contribution in [-0.4, -0.2) is 11.7 Å². The van der Waals surface area contributed by atoms with Crippen LogP contribution in [0.3, 0.4) is 0 Å². The van der Waals surface area contributed by atoms with E-state index < -0.39 is 0 Å². The van der Waals surface area contributed by atoms with E-state index in [0.29, 0.717) is 24.3 Å². The lowest BCUT2D eigenvalue weighted by Gasteiger charge is -2.43. The topological polar surface area (TPSA) is 37.4 Å². The third kappa shape index (κ3) is 3.40. The molecule has 0 radical (unpaired) electrons. The van der Waals surface area contributed by atoms with Crippen LogP contribution < -0.4 is 4.90 Å². The number of halogens is 1. The van der Waals surface area contributed by atoms with E-state index >= 15 is 0 Å². The Morgan fingerprint density at radius 3 is 2.43 bits per heavy atom. The highest BCUT2D eigenvalue weighted by Crippen LogP contribution is 2.48. The maximum atomic E-state index is 13.3. The number of hydrogen-bond acceptors (Lipinski definition) is 2. The first-order valence-corrected chi connectivity index (χ1v) is 10.0. The van der Waals surface area contributed by atoms with Crippen molar-refractivity contribution < 1.29 is 9.59 Å². The third-order valence-electron chi connectivity index (χ3n) is 5.68. The monoisotopic (exact) mass is 393 g/mol. The van der Waals surface area contributed by atoms with Gasteiger partial charge in [-0.1, -0.05) is 49.7 Å². The molecule has 1 atom stereocenters. The smallest absolute Gasteiger partial charge is 0.232 e. The molecular weight excluding hydrogens is 370 g/mol. The molecule has 0 aromatic heterocycles. The Balaban J connectivity index is 1.89. The van der Waals surface area contributed by atoms with Crippen molar-refractivity contribution in [2.75, 3.05) is 4.90 Å². The van der Waals surface area contributed by atoms with E-state index in [1.807, 2.05) is 55.5 Å². The number of allylic oxidation sites excluding steroid dienone is 2. The van der Waals surface area contributed by atoms with Gasteiger partial charge in [0, 0.05) is 40.7 Å². The quantitative estimate of drug-likeness (QED) is 0.645. The highest BCUT2D eigenvalue weighted by Gasteiger charge is 2.44. The van der Waals surface area contributed by atoms with Crippen molar-refractivity contribution in [1.82, 2.24) is 0 Å². The molecule has 3 nitrogen and oxygen atoms in total. The summed E-state index contributed by atoms with van der Waals surface area (Å²) in [5, 5.41) is 0.651. The summed E-state index contributed by atoms with van der Waals surface area (Å²) in [6, 6.07) is 15.4. The predicted octanol–water partition coefficient (Wildman–Crippen LogP) is 5.81. The van der Waals surface area contributed by atoms with E-state index in [9.17, 15) is 9.59 Å². The summed E-state index contributed by atoms with van der Waals surface area (Å²) in [5.41, 5.74) is 4.40. The Morgan fingerprint density at radius 2 is 1.75 bits per heavy atom. The number of aryl methyl sites for hydroxylation is 1. The lowest BCUT2D eigenvalue weighted by molar-refractivity contribution is -0.121. The van der Waals surface area contributed by atoms with E-state index in [1.54, 1.807) is 4.90 Å². The van der Waals surface area contributed by atoms with Crippen molar-refractivity contribution in [1.29, 1.82) is 0 Å². The van der Waals surface area contributed by atoms with Gasteiger partial charge in [0.15, 0.2) is 5.78 Å². The highest BCUT2D eigenvalue weighted by atomic mass is 35.5. The zero-order chi connectivity index (χ0) is 20.1. The summed E-state index contributed by atoms with van der Waals surface area (Å²) in [5.74, 6) is -0.0180. The van der Waals surface area contributed by atoms with E-state index in [1.165, 1.54) is 0 Å². The van der Waals surface area contributed by atoms with Gasteiger partial charge < -0.3 is 0 Å². The standard InChI is InChI=1S/C24H24ClNO2/c1-15-5-4-6-18(11-15)26-20-13-24(2,3)14-21(27)23(20)19(12-22(26)28)16-7-9-17(25)10-8-16/h4-11,19H,12-14H2,1-3H3. The normalized spacial score (nSPS) is 21.7. The van der Waals surface area contributed by atoms with Crippen LogP contribution in [0.2, 0.25) is 5.02 Å². The van der Waals surface area contributed by atoms with Gasteiger partial charge in [0.25, 0.3) is 0 Å². The fourth-order valence-electron chi connectivity index (χ4n) is 4.46. The SMILES string of the molecule is Cc1cccc(N2C(=O)CC(c3ccc(Cl)cc3)C3=C2CC(C)(C)CC3=O)c1. The molecule has 0 fully saturated rings. The Kier molecular flexibility index (Phi) is 4.67. The molecule has 0 N–H and O–H groups in total. The molecule has 144 valence electrons. The van der Waals surface area contributed by atoms with Gasteiger partial charge in [0.05, 0.1) is 0 Å². The molecule has 0 spiro atoms. The summed E-state index contributed by atoms with van der Waals surface area (Å²) in [7, 11) is 0. The number of nitrogens with zero attached hydrogens (tertiary/aromatic N) is 1. The Hall–Kier alpha value is -2.39. The van der Waals surface area contributed by atoms with E-state index in [0.717, 1.165) is 28.1 Å². The lowest BCUT2D eigenvalue weighted by Crippen LogP contribution is -2.43. The van der Waals surface area contributed by atoms with Crippen LogP contribution in [0, 0.1) is 12.3 Å². The van der Waals surface area contributed by atoms with Crippen LogP contribution in [0.4, 0.5) is 5.69 Å². The molecule has 1 aliphatic carbocycles. The number of carbonyl (C=O) groups excluding carboxylic acids is 2. The number of Topliss-reactive ketones (excluding diaryl/α,β-unsaturated/α-hetero) is 1. The molecule has 1 aliphatic heterocycles. The van der Waals surface area contributed by atoms with Crippen LogP contribution in [0.15, 0.2) is 59.8 Å². The number of anilines is 1. The van der Waals surface area contributed by atoms with E-state index in [-0.39, 0.29) is 23.0 Å². The second-order valence-corrected chi connectivity index (χ2v) is 9.11. The van der Waals surface area contributed by atoms with Gasteiger partial charge >= 0.3 is 0 Å². The lowest BCUT2D eigenvalue weighted by atomic mass is 9.69. The minimum absolute atomic E-state index is 0.0369. The van der Waals surface area contributed by atoms with Crippen molar-refractivity contribution in [2.24, 2.45) is 5.41 Å². The molecule has 28 heavy (non-hydrogen) atoms. The minimum Gasteiger partial charge on any atom is -0.294 e. The van der Waals surface area contributed by atoms with Gasteiger partial charge in [0.1, 0.15) is 0 Å². The van der Waals surface area contributed by atoms with Crippen molar-refractivity contribution in [2.45, 2.75) is 46.0 Å². The fourth-order valence-corrected chi connectivity index (χ4v) is 4.59. The molecule has 2 aliphatic rings.